The summed E-state index contributed by atoms with van der Waals surface area (Å²) in [7, 11) is 0. The largest absolute Gasteiger partial charge is 0.394 e. The molecule has 2 aliphatic carbocycles. The van der Waals surface area contributed by atoms with Crippen LogP contribution in [0.15, 0.2) is 24.3 Å². The second-order valence-electron chi connectivity index (χ2n) is 5.79. The first-order chi connectivity index (χ1) is 8.88. The van der Waals surface area contributed by atoms with Crippen LogP contribution in [0.4, 0.5) is 0 Å². The summed E-state index contributed by atoms with van der Waals surface area (Å²) in [6.07, 6.45) is 7.83. The molecule has 2 saturated carbocycles. The van der Waals surface area contributed by atoms with E-state index in [-0.39, 0.29) is 12.6 Å². The molecule has 1 unspecified atom stereocenters. The maximum Gasteiger partial charge on any atom is 0.0626 e. The molecule has 0 heterocycles. The molecule has 2 nitrogen and oxygen atoms in total. The van der Waals surface area contributed by atoms with Gasteiger partial charge in [-0.3, -0.25) is 0 Å². The van der Waals surface area contributed by atoms with Crippen molar-refractivity contribution in [2.24, 2.45) is 0 Å². The molecular weight excluding hydrogens is 222 g/mol. The molecule has 0 bridgehead atoms. The average molecular weight is 245 g/mol. The third-order valence-corrected chi connectivity index (χ3v) is 4.36. The number of benzene rings is 1. The number of rotatable bonds is 5. The Hall–Kier alpha value is -0.860. The maximum atomic E-state index is 9.70. The SMILES string of the molecule is OCC(NC1CCCC1)c1ccccc1C1CC1. The van der Waals surface area contributed by atoms with Crippen molar-refractivity contribution in [2.75, 3.05) is 6.61 Å². The lowest BCUT2D eigenvalue weighted by Gasteiger charge is -2.23. The summed E-state index contributed by atoms with van der Waals surface area (Å²) in [5.74, 6) is 0.751. The molecule has 0 aromatic heterocycles. The number of hydrogen-bond acceptors (Lipinski definition) is 2. The van der Waals surface area contributed by atoms with Gasteiger partial charge in [-0.1, -0.05) is 37.1 Å². The monoisotopic (exact) mass is 245 g/mol. The van der Waals surface area contributed by atoms with Gasteiger partial charge in [0.25, 0.3) is 0 Å². The molecule has 18 heavy (non-hydrogen) atoms. The Kier molecular flexibility index (Phi) is 3.67. The minimum Gasteiger partial charge on any atom is -0.394 e. The smallest absolute Gasteiger partial charge is 0.0626 e. The molecule has 0 saturated heterocycles. The van der Waals surface area contributed by atoms with Crippen molar-refractivity contribution in [3.63, 3.8) is 0 Å². The first kappa shape index (κ1) is 12.2. The lowest BCUT2D eigenvalue weighted by molar-refractivity contribution is 0.232. The third kappa shape index (κ3) is 2.60. The minimum absolute atomic E-state index is 0.130. The fourth-order valence-corrected chi connectivity index (χ4v) is 3.21. The number of aliphatic hydroxyl groups is 1. The van der Waals surface area contributed by atoms with Gasteiger partial charge in [0.2, 0.25) is 0 Å². The highest BCUT2D eigenvalue weighted by molar-refractivity contribution is 5.35. The first-order valence-corrected chi connectivity index (χ1v) is 7.34. The van der Waals surface area contributed by atoms with Gasteiger partial charge >= 0.3 is 0 Å². The van der Waals surface area contributed by atoms with Gasteiger partial charge in [-0.05, 0) is 42.7 Å². The number of aliphatic hydroxyl groups excluding tert-OH is 1. The van der Waals surface area contributed by atoms with E-state index in [1.807, 2.05) is 0 Å². The van der Waals surface area contributed by atoms with Gasteiger partial charge in [-0.15, -0.1) is 0 Å². The van der Waals surface area contributed by atoms with E-state index in [0.717, 1.165) is 5.92 Å². The number of hydrogen-bond donors (Lipinski definition) is 2. The van der Waals surface area contributed by atoms with E-state index in [9.17, 15) is 5.11 Å². The van der Waals surface area contributed by atoms with Gasteiger partial charge < -0.3 is 10.4 Å². The molecule has 0 radical (unpaired) electrons. The summed E-state index contributed by atoms with van der Waals surface area (Å²) in [6, 6.07) is 9.39. The van der Waals surface area contributed by atoms with Crippen LogP contribution in [-0.2, 0) is 0 Å². The van der Waals surface area contributed by atoms with E-state index in [1.165, 1.54) is 49.7 Å². The van der Waals surface area contributed by atoms with Gasteiger partial charge in [0.1, 0.15) is 0 Å². The molecule has 98 valence electrons. The van der Waals surface area contributed by atoms with Crippen molar-refractivity contribution in [1.29, 1.82) is 0 Å². The molecule has 1 aromatic carbocycles. The minimum atomic E-state index is 0.130. The Labute approximate surface area is 109 Å². The maximum absolute atomic E-state index is 9.70. The van der Waals surface area contributed by atoms with E-state index in [4.69, 9.17) is 0 Å². The van der Waals surface area contributed by atoms with Crippen LogP contribution in [0.3, 0.4) is 0 Å². The summed E-state index contributed by atoms with van der Waals surface area (Å²) in [5.41, 5.74) is 2.79. The Morgan fingerprint density at radius 1 is 1.11 bits per heavy atom. The van der Waals surface area contributed by atoms with E-state index in [2.05, 4.69) is 29.6 Å². The summed E-state index contributed by atoms with van der Waals surface area (Å²) in [5, 5.41) is 13.4. The standard InChI is InChI=1S/C16H23NO/c18-11-16(17-13-5-1-2-6-13)15-8-4-3-7-14(15)12-9-10-12/h3-4,7-8,12-13,16-18H,1-2,5-6,9-11H2. The third-order valence-electron chi connectivity index (χ3n) is 4.36. The van der Waals surface area contributed by atoms with Crippen LogP contribution in [0.25, 0.3) is 0 Å². The Morgan fingerprint density at radius 2 is 1.83 bits per heavy atom. The Morgan fingerprint density at radius 3 is 2.50 bits per heavy atom. The average Bonchev–Trinajstić information content (AvgIpc) is 3.14. The summed E-state index contributed by atoms with van der Waals surface area (Å²) >= 11 is 0. The lowest BCUT2D eigenvalue weighted by Crippen LogP contribution is -2.33. The van der Waals surface area contributed by atoms with Crippen molar-refractivity contribution in [3.8, 4) is 0 Å². The molecule has 1 atom stereocenters. The first-order valence-electron chi connectivity index (χ1n) is 7.34. The highest BCUT2D eigenvalue weighted by Crippen LogP contribution is 2.43. The van der Waals surface area contributed by atoms with Crippen LogP contribution in [0.2, 0.25) is 0 Å². The van der Waals surface area contributed by atoms with Crippen molar-refractivity contribution >= 4 is 0 Å². The van der Waals surface area contributed by atoms with E-state index in [1.54, 1.807) is 0 Å². The predicted octanol–water partition coefficient (Wildman–Crippen LogP) is 3.13. The lowest BCUT2D eigenvalue weighted by atomic mass is 9.96. The van der Waals surface area contributed by atoms with E-state index >= 15 is 0 Å². The molecule has 2 aliphatic rings. The fraction of sp³-hybridized carbons (Fsp3) is 0.625. The second kappa shape index (κ2) is 5.41. The van der Waals surface area contributed by atoms with E-state index in [0.29, 0.717) is 6.04 Å². The predicted molar refractivity (Wildman–Crippen MR) is 73.6 cm³/mol. The fourth-order valence-electron chi connectivity index (χ4n) is 3.21. The zero-order valence-electron chi connectivity index (χ0n) is 10.9. The van der Waals surface area contributed by atoms with Gasteiger partial charge in [0, 0.05) is 6.04 Å². The summed E-state index contributed by atoms with van der Waals surface area (Å²) in [4.78, 5) is 0. The second-order valence-corrected chi connectivity index (χ2v) is 5.79. The molecule has 2 N–H and O–H groups in total. The van der Waals surface area contributed by atoms with Crippen LogP contribution in [0.1, 0.15) is 61.6 Å². The normalized spacial score (nSPS) is 22.3. The van der Waals surface area contributed by atoms with Crippen LogP contribution in [0, 0.1) is 0 Å². The van der Waals surface area contributed by atoms with Gasteiger partial charge in [-0.2, -0.15) is 0 Å². The van der Waals surface area contributed by atoms with Crippen LogP contribution < -0.4 is 5.32 Å². The van der Waals surface area contributed by atoms with Gasteiger partial charge in [0.15, 0.2) is 0 Å². The van der Waals surface area contributed by atoms with Crippen LogP contribution in [0.5, 0.6) is 0 Å². The zero-order chi connectivity index (χ0) is 12.4. The summed E-state index contributed by atoms with van der Waals surface area (Å²) in [6.45, 7) is 0.209. The van der Waals surface area contributed by atoms with Gasteiger partial charge in [-0.25, -0.2) is 0 Å². The molecule has 3 rings (SSSR count). The highest BCUT2D eigenvalue weighted by atomic mass is 16.3. The molecular formula is C16H23NO. The van der Waals surface area contributed by atoms with Crippen molar-refractivity contribution < 1.29 is 5.11 Å². The molecule has 2 fully saturated rings. The molecule has 0 amide bonds. The van der Waals surface area contributed by atoms with E-state index < -0.39 is 0 Å². The van der Waals surface area contributed by atoms with Crippen molar-refractivity contribution in [1.82, 2.24) is 5.32 Å². The quantitative estimate of drug-likeness (QED) is 0.835. The van der Waals surface area contributed by atoms with Crippen LogP contribution in [-0.4, -0.2) is 17.8 Å². The van der Waals surface area contributed by atoms with Crippen molar-refractivity contribution in [3.05, 3.63) is 35.4 Å². The molecule has 2 heteroatoms. The number of nitrogens with one attached hydrogen (secondary N) is 1. The zero-order valence-corrected chi connectivity index (χ0v) is 10.9. The Balaban J connectivity index is 1.77. The van der Waals surface area contributed by atoms with Crippen LogP contribution >= 0.6 is 0 Å². The summed E-state index contributed by atoms with van der Waals surface area (Å²) < 4.78 is 0. The van der Waals surface area contributed by atoms with Crippen molar-refractivity contribution in [2.45, 2.75) is 56.5 Å². The molecule has 0 aliphatic heterocycles. The van der Waals surface area contributed by atoms with Gasteiger partial charge in [0.05, 0.1) is 12.6 Å². The molecule has 1 aromatic rings. The topological polar surface area (TPSA) is 32.3 Å². The Bertz CT molecular complexity index is 394. The molecule has 0 spiro atoms. The highest BCUT2D eigenvalue weighted by Gasteiger charge is 2.29.